The lowest BCUT2D eigenvalue weighted by atomic mass is 10.0. The molecule has 2 aromatic carbocycles. The Bertz CT molecular complexity index is 544. The first-order chi connectivity index (χ1) is 8.20. The first-order valence-electron chi connectivity index (χ1n) is 6.15. The highest BCUT2D eigenvalue weighted by molar-refractivity contribution is 5.84. The number of rotatable bonds is 2. The molecule has 0 bridgehead atoms. The second-order valence-corrected chi connectivity index (χ2v) is 5.38. The molecule has 18 heavy (non-hydrogen) atoms. The standard InChI is InChI=1S/C16H18N.BrH/c1-3-8-17(2)11-15-9-13-6-4-5-7-14(13)10-16(15)12-17;/h3-7,9-10H,1,8,11-12H2,2H3;1H/q+1;/p-1. The van der Waals surface area contributed by atoms with Crippen molar-refractivity contribution in [1.82, 2.24) is 0 Å². The van der Waals surface area contributed by atoms with Gasteiger partial charge >= 0.3 is 0 Å². The van der Waals surface area contributed by atoms with Gasteiger partial charge in [-0.1, -0.05) is 30.8 Å². The molecule has 94 valence electrons. The molecule has 1 heterocycles. The van der Waals surface area contributed by atoms with Gasteiger partial charge in [0.1, 0.15) is 13.1 Å². The summed E-state index contributed by atoms with van der Waals surface area (Å²) >= 11 is 0. The van der Waals surface area contributed by atoms with Crippen molar-refractivity contribution in [3.63, 3.8) is 0 Å². The summed E-state index contributed by atoms with van der Waals surface area (Å²) in [7, 11) is 2.31. The molecule has 2 aromatic rings. The van der Waals surface area contributed by atoms with Crippen LogP contribution >= 0.6 is 0 Å². The van der Waals surface area contributed by atoms with E-state index in [0.29, 0.717) is 0 Å². The minimum atomic E-state index is 0. The van der Waals surface area contributed by atoms with Crippen LogP contribution in [0.25, 0.3) is 10.8 Å². The van der Waals surface area contributed by atoms with Crippen molar-refractivity contribution in [1.29, 1.82) is 0 Å². The minimum absolute atomic E-state index is 0. The first-order valence-corrected chi connectivity index (χ1v) is 6.15. The highest BCUT2D eigenvalue weighted by atomic mass is 79.9. The number of nitrogens with zero attached hydrogens (tertiary/aromatic N) is 1. The molecule has 0 N–H and O–H groups in total. The van der Waals surface area contributed by atoms with Gasteiger partial charge in [-0.25, -0.2) is 0 Å². The summed E-state index contributed by atoms with van der Waals surface area (Å²) < 4.78 is 1.06. The predicted octanol–water partition coefficient (Wildman–Crippen LogP) is 0.490. The van der Waals surface area contributed by atoms with Gasteiger partial charge in [-0.3, -0.25) is 0 Å². The summed E-state index contributed by atoms with van der Waals surface area (Å²) in [6, 6.07) is 13.3. The maximum atomic E-state index is 3.87. The van der Waals surface area contributed by atoms with Gasteiger partial charge in [-0.15, -0.1) is 0 Å². The minimum Gasteiger partial charge on any atom is -1.00 e. The highest BCUT2D eigenvalue weighted by Crippen LogP contribution is 2.31. The maximum absolute atomic E-state index is 3.87. The molecule has 1 aliphatic heterocycles. The second kappa shape index (κ2) is 4.87. The van der Waals surface area contributed by atoms with Gasteiger partial charge in [0.2, 0.25) is 0 Å². The molecule has 1 aliphatic rings. The fraction of sp³-hybridized carbons (Fsp3) is 0.250. The SMILES string of the molecule is C=CC[N+]1(C)Cc2cc3ccccc3cc2C1.[Br-]. The quantitative estimate of drug-likeness (QED) is 0.560. The molecule has 0 aromatic heterocycles. The van der Waals surface area contributed by atoms with Gasteiger partial charge in [0.05, 0.1) is 13.6 Å². The number of benzene rings is 2. The summed E-state index contributed by atoms with van der Waals surface area (Å²) in [6.07, 6.45) is 2.03. The van der Waals surface area contributed by atoms with E-state index in [9.17, 15) is 0 Å². The Hall–Kier alpha value is -1.12. The summed E-state index contributed by atoms with van der Waals surface area (Å²) in [5, 5.41) is 2.72. The van der Waals surface area contributed by atoms with Crippen LogP contribution in [-0.4, -0.2) is 18.1 Å². The molecule has 0 fully saturated rings. The van der Waals surface area contributed by atoms with Crippen LogP contribution in [0.1, 0.15) is 11.1 Å². The van der Waals surface area contributed by atoms with Gasteiger partial charge in [0.25, 0.3) is 0 Å². The van der Waals surface area contributed by atoms with E-state index in [1.165, 1.54) is 21.9 Å². The monoisotopic (exact) mass is 303 g/mol. The van der Waals surface area contributed by atoms with Crippen LogP contribution in [0.4, 0.5) is 0 Å². The molecule has 0 saturated carbocycles. The number of hydrogen-bond donors (Lipinski definition) is 0. The van der Waals surface area contributed by atoms with E-state index in [0.717, 1.165) is 24.1 Å². The van der Waals surface area contributed by atoms with Crippen molar-refractivity contribution in [3.8, 4) is 0 Å². The van der Waals surface area contributed by atoms with E-state index in [2.05, 4.69) is 50.0 Å². The Balaban J connectivity index is 0.00000120. The van der Waals surface area contributed by atoms with E-state index in [1.807, 2.05) is 6.08 Å². The van der Waals surface area contributed by atoms with Crippen molar-refractivity contribution in [3.05, 3.63) is 60.2 Å². The summed E-state index contributed by atoms with van der Waals surface area (Å²) in [4.78, 5) is 0. The zero-order valence-corrected chi connectivity index (χ0v) is 12.3. The van der Waals surface area contributed by atoms with Crippen LogP contribution < -0.4 is 17.0 Å². The van der Waals surface area contributed by atoms with E-state index in [1.54, 1.807) is 0 Å². The number of hydrogen-bond acceptors (Lipinski definition) is 0. The normalized spacial score (nSPS) is 16.1. The van der Waals surface area contributed by atoms with Gasteiger partial charge in [-0.05, 0) is 29.0 Å². The van der Waals surface area contributed by atoms with E-state index in [-0.39, 0.29) is 17.0 Å². The molecule has 2 heteroatoms. The molecule has 3 rings (SSSR count). The fourth-order valence-corrected chi connectivity index (χ4v) is 2.95. The molecular formula is C16H18BrN. The molecule has 0 unspecified atom stereocenters. The average molecular weight is 304 g/mol. The second-order valence-electron chi connectivity index (χ2n) is 5.38. The molecule has 0 spiro atoms. The Morgan fingerprint density at radius 3 is 2.06 bits per heavy atom. The van der Waals surface area contributed by atoms with Crippen LogP contribution in [0.3, 0.4) is 0 Å². The average Bonchev–Trinajstić information content (AvgIpc) is 2.61. The lowest BCUT2D eigenvalue weighted by Gasteiger charge is -2.27. The third-order valence-electron chi connectivity index (χ3n) is 3.74. The van der Waals surface area contributed by atoms with Crippen LogP contribution in [0, 0.1) is 0 Å². The largest absolute Gasteiger partial charge is 1.00 e. The number of likely N-dealkylation sites (N-methyl/N-ethyl adjacent to an activating group) is 1. The molecule has 0 amide bonds. The van der Waals surface area contributed by atoms with E-state index >= 15 is 0 Å². The van der Waals surface area contributed by atoms with Gasteiger partial charge in [0, 0.05) is 11.1 Å². The molecule has 0 aliphatic carbocycles. The number of halogens is 1. The molecule has 1 nitrogen and oxygen atoms in total. The third kappa shape index (κ3) is 2.23. The zero-order chi connectivity index (χ0) is 11.9. The lowest BCUT2D eigenvalue weighted by molar-refractivity contribution is -0.923. The number of fused-ring (bicyclic) bond motifs is 2. The first kappa shape index (κ1) is 13.3. The summed E-state index contributed by atoms with van der Waals surface area (Å²) in [6.45, 7) is 7.18. The van der Waals surface area contributed by atoms with Gasteiger partial charge < -0.3 is 21.5 Å². The Morgan fingerprint density at radius 2 is 1.61 bits per heavy atom. The van der Waals surface area contributed by atoms with E-state index in [4.69, 9.17) is 0 Å². The van der Waals surface area contributed by atoms with Crippen LogP contribution in [-0.2, 0) is 13.1 Å². The van der Waals surface area contributed by atoms with Crippen LogP contribution in [0.15, 0.2) is 49.1 Å². The molecule has 0 atom stereocenters. The van der Waals surface area contributed by atoms with Crippen LogP contribution in [0.5, 0.6) is 0 Å². The summed E-state index contributed by atoms with van der Waals surface area (Å²) in [5.41, 5.74) is 3.01. The van der Waals surface area contributed by atoms with Gasteiger partial charge in [-0.2, -0.15) is 0 Å². The molecule has 0 saturated heterocycles. The van der Waals surface area contributed by atoms with Crippen molar-refractivity contribution in [2.75, 3.05) is 13.6 Å². The smallest absolute Gasteiger partial charge is 0.105 e. The van der Waals surface area contributed by atoms with E-state index < -0.39 is 0 Å². The Labute approximate surface area is 119 Å². The van der Waals surface area contributed by atoms with Crippen molar-refractivity contribution < 1.29 is 21.5 Å². The topological polar surface area (TPSA) is 0 Å². The molecular weight excluding hydrogens is 286 g/mol. The summed E-state index contributed by atoms with van der Waals surface area (Å²) in [5.74, 6) is 0. The number of quaternary nitrogens is 1. The Kier molecular flexibility index (Phi) is 3.60. The Morgan fingerprint density at radius 1 is 1.11 bits per heavy atom. The maximum Gasteiger partial charge on any atom is 0.105 e. The molecule has 0 radical (unpaired) electrons. The lowest BCUT2D eigenvalue weighted by Crippen LogP contribution is -3.00. The van der Waals surface area contributed by atoms with Crippen molar-refractivity contribution in [2.45, 2.75) is 13.1 Å². The van der Waals surface area contributed by atoms with Crippen molar-refractivity contribution in [2.24, 2.45) is 0 Å². The van der Waals surface area contributed by atoms with Gasteiger partial charge in [0.15, 0.2) is 0 Å². The zero-order valence-electron chi connectivity index (χ0n) is 10.7. The van der Waals surface area contributed by atoms with Crippen molar-refractivity contribution >= 4 is 10.8 Å². The van der Waals surface area contributed by atoms with Crippen LogP contribution in [0.2, 0.25) is 0 Å². The predicted molar refractivity (Wildman–Crippen MR) is 72.6 cm³/mol. The fourth-order valence-electron chi connectivity index (χ4n) is 2.95. The third-order valence-corrected chi connectivity index (χ3v) is 3.74. The highest BCUT2D eigenvalue weighted by Gasteiger charge is 2.30.